The highest BCUT2D eigenvalue weighted by Crippen LogP contribution is 2.35. The number of amides is 1. The Morgan fingerprint density at radius 1 is 1.08 bits per heavy atom. The monoisotopic (exact) mass is 391 g/mol. The van der Waals surface area contributed by atoms with Crippen LogP contribution in [0.1, 0.15) is 29.6 Å². The van der Waals surface area contributed by atoms with Gasteiger partial charge in [0.2, 0.25) is 0 Å². The van der Waals surface area contributed by atoms with Crippen molar-refractivity contribution in [2.45, 2.75) is 19.3 Å². The van der Waals surface area contributed by atoms with Gasteiger partial charge in [-0.05, 0) is 55.7 Å². The lowest BCUT2D eigenvalue weighted by molar-refractivity contribution is 0.0974. The van der Waals surface area contributed by atoms with Crippen LogP contribution in [-0.2, 0) is 0 Å². The van der Waals surface area contributed by atoms with E-state index >= 15 is 0 Å². The van der Waals surface area contributed by atoms with E-state index in [9.17, 15) is 9.18 Å². The summed E-state index contributed by atoms with van der Waals surface area (Å²) in [6, 6.07) is 11.3. The van der Waals surface area contributed by atoms with Crippen LogP contribution in [0.3, 0.4) is 0 Å². The minimum absolute atomic E-state index is 0.0565. The number of piperidine rings is 1. The molecule has 1 amide bonds. The summed E-state index contributed by atoms with van der Waals surface area (Å²) in [5, 5.41) is 6.26. The number of anilines is 2. The molecule has 0 radical (unpaired) electrons. The minimum Gasteiger partial charge on any atom is -0.369 e. The number of nitrogens with one attached hydrogen (secondary N) is 2. The van der Waals surface area contributed by atoms with Gasteiger partial charge in [-0.15, -0.1) is 0 Å². The fraction of sp³-hybridized carbons (Fsp3) is 0.263. The Bertz CT molecular complexity index is 824. The van der Waals surface area contributed by atoms with Crippen molar-refractivity contribution >= 4 is 46.2 Å². The molecule has 1 saturated heterocycles. The number of rotatable bonds is 3. The van der Waals surface area contributed by atoms with E-state index in [2.05, 4.69) is 15.5 Å². The van der Waals surface area contributed by atoms with E-state index in [4.69, 9.17) is 23.8 Å². The maximum atomic E-state index is 13.7. The molecule has 7 heteroatoms. The van der Waals surface area contributed by atoms with E-state index in [1.807, 2.05) is 18.2 Å². The first-order valence-electron chi connectivity index (χ1n) is 8.46. The second-order valence-corrected chi connectivity index (χ2v) is 6.89. The Kier molecular flexibility index (Phi) is 6.06. The molecule has 2 aromatic carbocycles. The van der Waals surface area contributed by atoms with Crippen LogP contribution in [0.25, 0.3) is 0 Å². The number of halogens is 2. The zero-order chi connectivity index (χ0) is 18.5. The molecule has 0 spiro atoms. The lowest BCUT2D eigenvalue weighted by Crippen LogP contribution is -2.36. The number of hydrogen-bond acceptors (Lipinski definition) is 3. The molecular formula is C19H19ClFN3OS. The number of nitrogens with zero attached hydrogens (tertiary/aromatic N) is 1. The Morgan fingerprint density at radius 2 is 1.81 bits per heavy atom. The molecule has 0 aromatic heterocycles. The third-order valence-electron chi connectivity index (χ3n) is 4.25. The molecule has 0 bridgehead atoms. The molecule has 2 N–H and O–H groups in total. The molecule has 0 unspecified atom stereocenters. The summed E-state index contributed by atoms with van der Waals surface area (Å²) in [5.41, 5.74) is 1.54. The smallest absolute Gasteiger partial charge is 0.260 e. The highest BCUT2D eigenvalue weighted by Gasteiger charge is 2.19. The molecule has 4 nitrogen and oxygen atoms in total. The van der Waals surface area contributed by atoms with Gasteiger partial charge in [0, 0.05) is 13.1 Å². The van der Waals surface area contributed by atoms with Crippen LogP contribution in [0.2, 0.25) is 5.02 Å². The normalized spacial score (nSPS) is 14.0. The predicted octanol–water partition coefficient (Wildman–Crippen LogP) is 4.60. The van der Waals surface area contributed by atoms with Gasteiger partial charge in [0.05, 0.1) is 22.0 Å². The largest absolute Gasteiger partial charge is 0.369 e. The number of hydrogen-bond donors (Lipinski definition) is 2. The fourth-order valence-electron chi connectivity index (χ4n) is 3.02. The third-order valence-corrected chi connectivity index (χ3v) is 4.76. The highest BCUT2D eigenvalue weighted by molar-refractivity contribution is 7.80. The van der Waals surface area contributed by atoms with Crippen molar-refractivity contribution in [1.82, 2.24) is 5.32 Å². The first-order valence-corrected chi connectivity index (χ1v) is 9.25. The zero-order valence-electron chi connectivity index (χ0n) is 14.1. The molecule has 1 aliphatic heterocycles. The quantitative estimate of drug-likeness (QED) is 0.751. The zero-order valence-corrected chi connectivity index (χ0v) is 15.7. The molecule has 1 heterocycles. The van der Waals surface area contributed by atoms with Crippen molar-refractivity contribution in [3.63, 3.8) is 0 Å². The van der Waals surface area contributed by atoms with Gasteiger partial charge in [0.25, 0.3) is 5.91 Å². The van der Waals surface area contributed by atoms with Crippen molar-refractivity contribution in [2.24, 2.45) is 0 Å². The second kappa shape index (κ2) is 8.47. The van der Waals surface area contributed by atoms with E-state index in [1.165, 1.54) is 24.6 Å². The van der Waals surface area contributed by atoms with Gasteiger partial charge in [0.15, 0.2) is 5.11 Å². The molecule has 0 atom stereocenters. The van der Waals surface area contributed by atoms with Crippen molar-refractivity contribution in [1.29, 1.82) is 0 Å². The van der Waals surface area contributed by atoms with E-state index in [0.29, 0.717) is 5.02 Å². The second-order valence-electron chi connectivity index (χ2n) is 6.07. The van der Waals surface area contributed by atoms with Crippen LogP contribution < -0.4 is 15.5 Å². The Hall–Kier alpha value is -2.18. The Balaban J connectivity index is 1.74. The SMILES string of the molecule is O=C(NC(=S)Nc1cccc(Cl)c1N1CCCCC1)c1ccccc1F. The number of thiocarbonyl (C=S) groups is 1. The molecule has 2 aromatic rings. The molecular weight excluding hydrogens is 373 g/mol. The third kappa shape index (κ3) is 4.31. The summed E-state index contributed by atoms with van der Waals surface area (Å²) in [7, 11) is 0. The van der Waals surface area contributed by atoms with Gasteiger partial charge < -0.3 is 10.2 Å². The summed E-state index contributed by atoms with van der Waals surface area (Å²) in [5.74, 6) is -1.19. The fourth-order valence-corrected chi connectivity index (χ4v) is 3.52. The summed E-state index contributed by atoms with van der Waals surface area (Å²) < 4.78 is 13.7. The molecule has 0 aliphatic carbocycles. The van der Waals surface area contributed by atoms with Crippen LogP contribution in [0, 0.1) is 5.82 Å². The van der Waals surface area contributed by atoms with Gasteiger partial charge >= 0.3 is 0 Å². The average Bonchev–Trinajstić information content (AvgIpc) is 2.62. The van der Waals surface area contributed by atoms with Crippen LogP contribution in [0.4, 0.5) is 15.8 Å². The van der Waals surface area contributed by atoms with Crippen LogP contribution in [-0.4, -0.2) is 24.1 Å². The highest BCUT2D eigenvalue weighted by atomic mass is 35.5. The molecule has 1 aliphatic rings. The van der Waals surface area contributed by atoms with Gasteiger partial charge in [-0.3, -0.25) is 10.1 Å². The summed E-state index contributed by atoms with van der Waals surface area (Å²) in [4.78, 5) is 14.4. The standard InChI is InChI=1S/C19H19ClFN3OS/c20-14-8-6-10-16(17(14)24-11-4-1-5-12-24)22-19(26)23-18(25)13-7-2-3-9-15(13)21/h2-3,6-10H,1,4-5,11-12H2,(H2,22,23,25,26). The van der Waals surface area contributed by atoms with Crippen molar-refractivity contribution in [3.05, 3.63) is 58.9 Å². The van der Waals surface area contributed by atoms with E-state index in [1.54, 1.807) is 6.07 Å². The van der Waals surface area contributed by atoms with Crippen molar-refractivity contribution in [3.8, 4) is 0 Å². The lowest BCUT2D eigenvalue weighted by Gasteiger charge is -2.31. The number of para-hydroxylation sites is 1. The predicted molar refractivity (Wildman–Crippen MR) is 108 cm³/mol. The first kappa shape index (κ1) is 18.6. The number of carbonyl (C=O) groups is 1. The molecule has 26 heavy (non-hydrogen) atoms. The van der Waals surface area contributed by atoms with Gasteiger partial charge in [-0.1, -0.05) is 29.8 Å². The maximum absolute atomic E-state index is 13.7. The Morgan fingerprint density at radius 3 is 2.54 bits per heavy atom. The van der Waals surface area contributed by atoms with Crippen molar-refractivity contribution < 1.29 is 9.18 Å². The van der Waals surface area contributed by atoms with Gasteiger partial charge in [0.1, 0.15) is 5.82 Å². The van der Waals surface area contributed by atoms with Crippen LogP contribution in [0.15, 0.2) is 42.5 Å². The van der Waals surface area contributed by atoms with E-state index in [0.717, 1.165) is 37.3 Å². The maximum Gasteiger partial charge on any atom is 0.260 e. The van der Waals surface area contributed by atoms with Crippen molar-refractivity contribution in [2.75, 3.05) is 23.3 Å². The molecule has 0 saturated carbocycles. The molecule has 1 fully saturated rings. The first-order chi connectivity index (χ1) is 12.6. The van der Waals surface area contributed by atoms with E-state index < -0.39 is 11.7 Å². The van der Waals surface area contributed by atoms with Gasteiger partial charge in [-0.25, -0.2) is 4.39 Å². The molecule has 3 rings (SSSR count). The van der Waals surface area contributed by atoms with Crippen LogP contribution in [0.5, 0.6) is 0 Å². The average molecular weight is 392 g/mol. The van der Waals surface area contributed by atoms with E-state index in [-0.39, 0.29) is 10.7 Å². The summed E-state index contributed by atoms with van der Waals surface area (Å²) in [6.07, 6.45) is 3.43. The van der Waals surface area contributed by atoms with Gasteiger partial charge in [-0.2, -0.15) is 0 Å². The number of carbonyl (C=O) groups excluding carboxylic acids is 1. The number of benzene rings is 2. The summed E-state index contributed by atoms with van der Waals surface area (Å²) >= 11 is 11.6. The Labute approximate surface area is 162 Å². The summed E-state index contributed by atoms with van der Waals surface area (Å²) in [6.45, 7) is 1.85. The molecule has 136 valence electrons. The topological polar surface area (TPSA) is 44.4 Å². The van der Waals surface area contributed by atoms with Crippen LogP contribution >= 0.6 is 23.8 Å². The minimum atomic E-state index is -0.595. The lowest BCUT2D eigenvalue weighted by atomic mass is 10.1.